The predicted octanol–water partition coefficient (Wildman–Crippen LogP) is 4.47. The number of nitrogens with zero attached hydrogens (tertiary/aromatic N) is 2. The molecule has 0 spiro atoms. The number of Topliss-reactive ketones (excluding diaryl/α,β-unsaturated/α-hetero) is 2. The molecule has 0 aliphatic carbocycles. The smallest absolute Gasteiger partial charge is 0.254 e. The highest BCUT2D eigenvalue weighted by Gasteiger charge is 2.45. The van der Waals surface area contributed by atoms with Crippen molar-refractivity contribution in [1.29, 1.82) is 0 Å². The lowest BCUT2D eigenvalue weighted by Gasteiger charge is -2.42. The zero-order valence-electron chi connectivity index (χ0n) is 24.0. The van der Waals surface area contributed by atoms with Gasteiger partial charge in [-0.3, -0.25) is 38.6 Å². The van der Waals surface area contributed by atoms with Crippen LogP contribution in [0.4, 0.5) is 0 Å². The van der Waals surface area contributed by atoms with Gasteiger partial charge in [-0.05, 0) is 76.9 Å². The van der Waals surface area contributed by atoms with Gasteiger partial charge in [0.05, 0.1) is 11.8 Å². The van der Waals surface area contributed by atoms with Crippen LogP contribution in [0.3, 0.4) is 0 Å². The van der Waals surface area contributed by atoms with Crippen molar-refractivity contribution in [2.24, 2.45) is 11.8 Å². The highest BCUT2D eigenvalue weighted by Crippen LogP contribution is 2.41. The zero-order chi connectivity index (χ0) is 29.2. The van der Waals surface area contributed by atoms with Gasteiger partial charge in [-0.2, -0.15) is 11.8 Å². The second kappa shape index (κ2) is 12.3. The van der Waals surface area contributed by atoms with Crippen molar-refractivity contribution in [1.82, 2.24) is 9.80 Å². The van der Waals surface area contributed by atoms with E-state index in [0.29, 0.717) is 18.6 Å². The molecule has 2 atom stereocenters. The van der Waals surface area contributed by atoms with Gasteiger partial charge in [0.1, 0.15) is 11.6 Å². The van der Waals surface area contributed by atoms with Crippen molar-refractivity contribution in [2.75, 3.05) is 17.3 Å². The van der Waals surface area contributed by atoms with Crippen LogP contribution in [0.25, 0.3) is 0 Å². The van der Waals surface area contributed by atoms with E-state index in [0.717, 1.165) is 41.2 Å². The summed E-state index contributed by atoms with van der Waals surface area (Å²) in [6.07, 6.45) is 6.77. The third kappa shape index (κ3) is 6.64. The Labute approximate surface area is 245 Å². The zero-order valence-corrected chi connectivity index (χ0v) is 25.6. The van der Waals surface area contributed by atoms with Gasteiger partial charge < -0.3 is 0 Å². The first kappa shape index (κ1) is 30.8. The van der Waals surface area contributed by atoms with Gasteiger partial charge in [-0.1, -0.05) is 0 Å². The molecule has 2 saturated heterocycles. The molecule has 0 saturated carbocycles. The van der Waals surface area contributed by atoms with Gasteiger partial charge in [-0.15, -0.1) is 11.8 Å². The Balaban J connectivity index is 1.24. The number of carbonyl (C=O) groups is 6. The maximum atomic E-state index is 13.1. The van der Waals surface area contributed by atoms with E-state index >= 15 is 0 Å². The molecule has 10 heteroatoms. The van der Waals surface area contributed by atoms with E-state index in [2.05, 4.69) is 0 Å². The van der Waals surface area contributed by atoms with Crippen LogP contribution in [0.1, 0.15) is 85.5 Å². The number of hydrogen-bond donors (Lipinski definition) is 0. The molecule has 4 aliphatic heterocycles. The van der Waals surface area contributed by atoms with E-state index in [1.54, 1.807) is 35.7 Å². The van der Waals surface area contributed by atoms with Crippen molar-refractivity contribution in [3.05, 3.63) is 22.6 Å². The fourth-order valence-electron chi connectivity index (χ4n) is 5.98. The Hall–Kier alpha value is -2.20. The topological polar surface area (TPSA) is 109 Å². The molecule has 2 fully saturated rings. The minimum Gasteiger partial charge on any atom is -0.300 e. The molecule has 4 amide bonds. The summed E-state index contributed by atoms with van der Waals surface area (Å²) < 4.78 is 0. The standard InChI is InChI=1S/C30H40N2O6S2/c1-29(2,31-25(35)16-19-18-39-15-11-22(19)27(31)37)12-9-20(33)7-8-21(34)10-13-30(3,4)32-26(36)17-24-23(28(32)38)6-5-14-40-24/h16-17,22-23H,5-15,18H2,1-4H3. The molecule has 4 rings (SSSR count). The van der Waals surface area contributed by atoms with Crippen LogP contribution in [0.15, 0.2) is 22.6 Å². The van der Waals surface area contributed by atoms with Gasteiger partial charge >= 0.3 is 0 Å². The summed E-state index contributed by atoms with van der Waals surface area (Å²) in [7, 11) is 0. The number of amides is 4. The van der Waals surface area contributed by atoms with E-state index in [1.807, 2.05) is 27.7 Å². The van der Waals surface area contributed by atoms with Crippen molar-refractivity contribution in [2.45, 2.75) is 96.6 Å². The second-order valence-corrected chi connectivity index (χ2v) is 14.7. The number of imide groups is 2. The average Bonchev–Trinajstić information content (AvgIpc) is 2.89. The lowest BCUT2D eigenvalue weighted by molar-refractivity contribution is -0.154. The lowest BCUT2D eigenvalue weighted by Crippen LogP contribution is -2.56. The predicted molar refractivity (Wildman–Crippen MR) is 156 cm³/mol. The summed E-state index contributed by atoms with van der Waals surface area (Å²) in [5, 5.41) is 0. The molecule has 40 heavy (non-hydrogen) atoms. The van der Waals surface area contributed by atoms with Crippen LogP contribution in [-0.4, -0.2) is 73.3 Å². The quantitative estimate of drug-likeness (QED) is 0.326. The highest BCUT2D eigenvalue weighted by molar-refractivity contribution is 8.03. The normalized spacial score (nSPS) is 23.9. The van der Waals surface area contributed by atoms with Crippen molar-refractivity contribution >= 4 is 58.7 Å². The molecule has 0 radical (unpaired) electrons. The first-order valence-electron chi connectivity index (χ1n) is 14.2. The van der Waals surface area contributed by atoms with Gasteiger partial charge in [0.25, 0.3) is 11.8 Å². The van der Waals surface area contributed by atoms with Crippen LogP contribution in [0, 0.1) is 11.8 Å². The summed E-state index contributed by atoms with van der Waals surface area (Å²) in [4.78, 5) is 80.7. The van der Waals surface area contributed by atoms with Gasteiger partial charge in [0, 0.05) is 59.6 Å². The van der Waals surface area contributed by atoms with Crippen LogP contribution in [-0.2, 0) is 28.8 Å². The Morgan fingerprint density at radius 3 is 1.93 bits per heavy atom. The molecule has 0 aromatic heterocycles. The summed E-state index contributed by atoms with van der Waals surface area (Å²) in [5.74, 6) is 0.868. The number of carbonyl (C=O) groups excluding carboxylic acids is 6. The van der Waals surface area contributed by atoms with E-state index < -0.39 is 11.1 Å². The molecular formula is C30H40N2O6S2. The molecule has 0 aromatic rings. The first-order chi connectivity index (χ1) is 18.8. The monoisotopic (exact) mass is 588 g/mol. The molecule has 0 bridgehead atoms. The summed E-state index contributed by atoms with van der Waals surface area (Å²) in [5.41, 5.74) is -0.705. The first-order valence-corrected chi connectivity index (χ1v) is 16.4. The van der Waals surface area contributed by atoms with Gasteiger partial charge in [-0.25, -0.2) is 0 Å². The maximum absolute atomic E-state index is 13.1. The van der Waals surface area contributed by atoms with E-state index in [9.17, 15) is 28.8 Å². The Kier molecular flexibility index (Phi) is 9.49. The molecular weight excluding hydrogens is 548 g/mol. The minimum atomic E-state index is -0.805. The molecule has 0 aromatic carbocycles. The third-order valence-corrected chi connectivity index (χ3v) is 10.8. The van der Waals surface area contributed by atoms with E-state index in [1.165, 1.54) is 9.80 Å². The van der Waals surface area contributed by atoms with Crippen molar-refractivity contribution in [3.63, 3.8) is 0 Å². The SMILES string of the molecule is CC(C)(CCC(=O)CCC(=O)CCC(C)(C)N1C(=O)C=C2SCCCC2C1=O)N1C(=O)C=C2CSCCC2C1=O. The Morgan fingerprint density at radius 2 is 1.32 bits per heavy atom. The van der Waals surface area contributed by atoms with Gasteiger partial charge in [0.15, 0.2) is 0 Å². The number of thioether (sulfide) groups is 2. The van der Waals surface area contributed by atoms with E-state index in [4.69, 9.17) is 0 Å². The summed E-state index contributed by atoms with van der Waals surface area (Å²) >= 11 is 3.31. The summed E-state index contributed by atoms with van der Waals surface area (Å²) in [6, 6.07) is 0. The number of rotatable bonds is 11. The fraction of sp³-hybridized carbons (Fsp3) is 0.667. The molecule has 0 N–H and O–H groups in total. The lowest BCUT2D eigenvalue weighted by atomic mass is 9.86. The van der Waals surface area contributed by atoms with Crippen molar-refractivity contribution in [3.8, 4) is 0 Å². The Morgan fingerprint density at radius 1 is 0.775 bits per heavy atom. The summed E-state index contributed by atoms with van der Waals surface area (Å²) in [6.45, 7) is 7.25. The van der Waals surface area contributed by atoms with Gasteiger partial charge in [0.2, 0.25) is 11.8 Å². The van der Waals surface area contributed by atoms with Crippen LogP contribution in [0.2, 0.25) is 0 Å². The maximum Gasteiger partial charge on any atom is 0.254 e. The number of fused-ring (bicyclic) bond motifs is 2. The van der Waals surface area contributed by atoms with Crippen molar-refractivity contribution < 1.29 is 28.8 Å². The molecule has 8 nitrogen and oxygen atoms in total. The fourth-order valence-corrected chi connectivity index (χ4v) is 8.20. The molecule has 4 heterocycles. The minimum absolute atomic E-state index is 0.0864. The van der Waals surface area contributed by atoms with Crippen LogP contribution in [0.5, 0.6) is 0 Å². The number of hydrogen-bond acceptors (Lipinski definition) is 8. The number of ketones is 2. The molecule has 4 aliphatic rings. The largest absolute Gasteiger partial charge is 0.300 e. The van der Waals surface area contributed by atoms with Crippen LogP contribution < -0.4 is 0 Å². The molecule has 218 valence electrons. The highest BCUT2D eigenvalue weighted by atomic mass is 32.2. The average molecular weight is 589 g/mol. The third-order valence-electron chi connectivity index (χ3n) is 8.49. The van der Waals surface area contributed by atoms with E-state index in [-0.39, 0.29) is 72.7 Å². The second-order valence-electron chi connectivity index (χ2n) is 12.4. The Bertz CT molecular complexity index is 1080. The van der Waals surface area contributed by atoms with Crippen LogP contribution >= 0.6 is 23.5 Å². The molecule has 2 unspecified atom stereocenters.